The zero-order valence-corrected chi connectivity index (χ0v) is 14.6. The summed E-state index contributed by atoms with van der Waals surface area (Å²) in [4.78, 5) is 34.8. The lowest BCUT2D eigenvalue weighted by atomic mass is 10.1. The van der Waals surface area contributed by atoms with Gasteiger partial charge in [0.15, 0.2) is 0 Å². The maximum absolute atomic E-state index is 12.6. The number of nitrogens with zero attached hydrogens (tertiary/aromatic N) is 3. The van der Waals surface area contributed by atoms with Crippen LogP contribution in [-0.2, 0) is 0 Å². The summed E-state index contributed by atoms with van der Waals surface area (Å²) in [5, 5.41) is 10.00. The number of carboxylic acids is 1. The molecule has 7 heteroatoms. The number of thiazole rings is 1. The van der Waals surface area contributed by atoms with Crippen LogP contribution < -0.4 is 0 Å². The van der Waals surface area contributed by atoms with Crippen molar-refractivity contribution in [2.24, 2.45) is 0 Å². The van der Waals surface area contributed by atoms with Gasteiger partial charge in [-0.2, -0.15) is 0 Å². The second-order valence-electron chi connectivity index (χ2n) is 5.41. The van der Waals surface area contributed by atoms with Crippen LogP contribution in [0.2, 0.25) is 0 Å². The number of aryl methyl sites for hydroxylation is 3. The van der Waals surface area contributed by atoms with Gasteiger partial charge in [0, 0.05) is 11.9 Å². The van der Waals surface area contributed by atoms with Crippen LogP contribution in [0.1, 0.15) is 55.1 Å². The second kappa shape index (κ2) is 6.45. The van der Waals surface area contributed by atoms with Gasteiger partial charge in [-0.25, -0.2) is 14.8 Å². The predicted molar refractivity (Wildman–Crippen MR) is 88.0 cm³/mol. The molecule has 2 aromatic rings. The van der Waals surface area contributed by atoms with Crippen LogP contribution in [0.4, 0.5) is 0 Å². The molecule has 6 nitrogen and oxygen atoms in total. The molecule has 1 amide bonds. The third kappa shape index (κ3) is 3.39. The third-order valence-corrected chi connectivity index (χ3v) is 5.00. The Morgan fingerprint density at radius 2 is 1.83 bits per heavy atom. The Hall–Kier alpha value is -2.28. The predicted octanol–water partition coefficient (Wildman–Crippen LogP) is 2.99. The van der Waals surface area contributed by atoms with E-state index in [2.05, 4.69) is 9.97 Å². The highest BCUT2D eigenvalue weighted by atomic mass is 32.1. The van der Waals surface area contributed by atoms with E-state index in [9.17, 15) is 9.59 Å². The standard InChI is InChI=1S/C16H19N3O3S/c1-8-12(16(21)22)6-7-13(18-8)15(20)19(5)10(3)14-9(2)17-11(4)23-14/h6-7,10H,1-5H3,(H,21,22). The fourth-order valence-electron chi connectivity index (χ4n) is 2.37. The minimum absolute atomic E-state index is 0.103. The summed E-state index contributed by atoms with van der Waals surface area (Å²) in [5.74, 6) is -1.30. The van der Waals surface area contributed by atoms with Gasteiger partial charge in [-0.15, -0.1) is 11.3 Å². The lowest BCUT2D eigenvalue weighted by Crippen LogP contribution is -2.30. The fourth-order valence-corrected chi connectivity index (χ4v) is 3.40. The molecule has 0 aliphatic heterocycles. The molecule has 122 valence electrons. The first-order valence-corrected chi connectivity index (χ1v) is 7.96. The highest BCUT2D eigenvalue weighted by Crippen LogP contribution is 2.29. The molecule has 0 aliphatic rings. The van der Waals surface area contributed by atoms with Gasteiger partial charge in [0.1, 0.15) is 5.69 Å². The van der Waals surface area contributed by atoms with E-state index in [1.165, 1.54) is 12.1 Å². The van der Waals surface area contributed by atoms with E-state index in [1.807, 2.05) is 20.8 Å². The smallest absolute Gasteiger partial charge is 0.337 e. The fraction of sp³-hybridized carbons (Fsp3) is 0.375. The number of aromatic nitrogens is 2. The molecule has 2 heterocycles. The maximum atomic E-state index is 12.6. The maximum Gasteiger partial charge on any atom is 0.337 e. The van der Waals surface area contributed by atoms with Crippen LogP contribution in [-0.4, -0.2) is 38.9 Å². The molecule has 1 atom stereocenters. The van der Waals surface area contributed by atoms with Gasteiger partial charge in [0.2, 0.25) is 0 Å². The minimum atomic E-state index is -1.05. The summed E-state index contributed by atoms with van der Waals surface area (Å²) in [6.07, 6.45) is 0. The van der Waals surface area contributed by atoms with Crippen LogP contribution in [0.25, 0.3) is 0 Å². The Labute approximate surface area is 138 Å². The molecule has 0 aromatic carbocycles. The average molecular weight is 333 g/mol. The van der Waals surface area contributed by atoms with E-state index in [0.717, 1.165) is 15.6 Å². The van der Waals surface area contributed by atoms with E-state index >= 15 is 0 Å². The van der Waals surface area contributed by atoms with E-state index in [4.69, 9.17) is 5.11 Å². The molecule has 2 aromatic heterocycles. The van der Waals surface area contributed by atoms with Crippen LogP contribution in [0.5, 0.6) is 0 Å². The number of aromatic carboxylic acids is 1. The summed E-state index contributed by atoms with van der Waals surface area (Å²) in [5.41, 5.74) is 1.59. The molecular formula is C16H19N3O3S. The van der Waals surface area contributed by atoms with Crippen molar-refractivity contribution in [3.8, 4) is 0 Å². The summed E-state index contributed by atoms with van der Waals surface area (Å²) in [6.45, 7) is 7.39. The largest absolute Gasteiger partial charge is 0.478 e. The Balaban J connectivity index is 2.27. The monoisotopic (exact) mass is 333 g/mol. The number of hydrogen-bond donors (Lipinski definition) is 1. The summed E-state index contributed by atoms with van der Waals surface area (Å²) >= 11 is 1.57. The lowest BCUT2D eigenvalue weighted by molar-refractivity contribution is 0.0690. The van der Waals surface area contributed by atoms with Gasteiger partial charge in [0.05, 0.1) is 28.0 Å². The molecular weight excluding hydrogens is 314 g/mol. The molecule has 0 saturated heterocycles. The van der Waals surface area contributed by atoms with E-state index < -0.39 is 5.97 Å². The van der Waals surface area contributed by atoms with E-state index in [-0.39, 0.29) is 23.2 Å². The van der Waals surface area contributed by atoms with E-state index in [0.29, 0.717) is 5.69 Å². The van der Waals surface area contributed by atoms with Crippen molar-refractivity contribution < 1.29 is 14.7 Å². The van der Waals surface area contributed by atoms with Crippen molar-refractivity contribution in [2.75, 3.05) is 7.05 Å². The molecule has 0 fully saturated rings. The topological polar surface area (TPSA) is 83.4 Å². The minimum Gasteiger partial charge on any atom is -0.478 e. The Morgan fingerprint density at radius 1 is 1.17 bits per heavy atom. The number of pyridine rings is 1. The van der Waals surface area contributed by atoms with Gasteiger partial charge in [-0.3, -0.25) is 4.79 Å². The zero-order chi connectivity index (χ0) is 17.3. The molecule has 1 N–H and O–H groups in total. The van der Waals surface area contributed by atoms with Crippen molar-refractivity contribution in [1.82, 2.24) is 14.9 Å². The van der Waals surface area contributed by atoms with Gasteiger partial charge >= 0.3 is 5.97 Å². The number of carbonyl (C=O) groups excluding carboxylic acids is 1. The molecule has 23 heavy (non-hydrogen) atoms. The number of carbonyl (C=O) groups is 2. The number of amides is 1. The molecule has 0 spiro atoms. The molecule has 0 aliphatic carbocycles. The quantitative estimate of drug-likeness (QED) is 0.930. The number of carboxylic acid groups (broad SMARTS) is 1. The van der Waals surface area contributed by atoms with Crippen molar-refractivity contribution in [1.29, 1.82) is 0 Å². The SMILES string of the molecule is Cc1nc(C)c(C(C)N(C)C(=O)c2ccc(C(=O)O)c(C)n2)s1. The lowest BCUT2D eigenvalue weighted by Gasteiger charge is -2.24. The first-order valence-electron chi connectivity index (χ1n) is 7.14. The van der Waals surface area contributed by atoms with Crippen molar-refractivity contribution in [3.05, 3.63) is 44.7 Å². The molecule has 2 rings (SSSR count). The Bertz CT molecular complexity index is 770. The Morgan fingerprint density at radius 3 is 2.30 bits per heavy atom. The first kappa shape index (κ1) is 17.1. The normalized spacial score (nSPS) is 12.0. The molecule has 0 radical (unpaired) electrons. The van der Waals surface area contributed by atoms with Crippen molar-refractivity contribution in [3.63, 3.8) is 0 Å². The summed E-state index contributed by atoms with van der Waals surface area (Å²) < 4.78 is 0. The Kier molecular flexibility index (Phi) is 4.79. The van der Waals surface area contributed by atoms with Gasteiger partial charge < -0.3 is 10.0 Å². The van der Waals surface area contributed by atoms with Crippen LogP contribution in [0, 0.1) is 20.8 Å². The van der Waals surface area contributed by atoms with Crippen LogP contribution >= 0.6 is 11.3 Å². The van der Waals surface area contributed by atoms with Gasteiger partial charge in [0.25, 0.3) is 5.91 Å². The number of hydrogen-bond acceptors (Lipinski definition) is 5. The van der Waals surface area contributed by atoms with E-state index in [1.54, 1.807) is 30.2 Å². The van der Waals surface area contributed by atoms with Crippen molar-refractivity contribution >= 4 is 23.2 Å². The molecule has 0 bridgehead atoms. The zero-order valence-electron chi connectivity index (χ0n) is 13.7. The first-order chi connectivity index (χ1) is 10.7. The van der Waals surface area contributed by atoms with Crippen LogP contribution in [0.15, 0.2) is 12.1 Å². The number of rotatable bonds is 4. The second-order valence-corrected chi connectivity index (χ2v) is 6.64. The molecule has 0 saturated carbocycles. The highest BCUT2D eigenvalue weighted by Gasteiger charge is 2.24. The van der Waals surface area contributed by atoms with Crippen LogP contribution in [0.3, 0.4) is 0 Å². The summed E-state index contributed by atoms with van der Waals surface area (Å²) in [7, 11) is 1.71. The molecule has 1 unspecified atom stereocenters. The summed E-state index contributed by atoms with van der Waals surface area (Å²) in [6, 6.07) is 2.74. The third-order valence-electron chi connectivity index (χ3n) is 3.76. The average Bonchev–Trinajstić information content (AvgIpc) is 2.83. The highest BCUT2D eigenvalue weighted by molar-refractivity contribution is 7.11. The van der Waals surface area contributed by atoms with Crippen molar-refractivity contribution in [2.45, 2.75) is 33.7 Å². The van der Waals surface area contributed by atoms with Gasteiger partial charge in [-0.05, 0) is 39.8 Å². The van der Waals surface area contributed by atoms with Gasteiger partial charge in [-0.1, -0.05) is 0 Å².